The number of benzene rings is 26. The van der Waals surface area contributed by atoms with Crippen molar-refractivity contribution in [3.63, 3.8) is 0 Å². The maximum absolute atomic E-state index is 2.45. The van der Waals surface area contributed by atoms with Crippen LogP contribution in [0.4, 0.5) is 0 Å². The van der Waals surface area contributed by atoms with Crippen LogP contribution in [0.3, 0.4) is 0 Å². The van der Waals surface area contributed by atoms with Crippen molar-refractivity contribution < 1.29 is 0 Å². The van der Waals surface area contributed by atoms with Crippen LogP contribution in [0.25, 0.3) is 293 Å². The minimum Gasteiger partial charge on any atom is -0.309 e. The number of hydrogen-bond donors (Lipinski definition) is 0. The van der Waals surface area contributed by atoms with E-state index in [1.54, 1.807) is 0 Å². The molecule has 0 bridgehead atoms. The van der Waals surface area contributed by atoms with Crippen molar-refractivity contribution in [2.45, 2.75) is 0 Å². The molecule has 668 valence electrons. The zero-order chi connectivity index (χ0) is 94.6. The summed E-state index contributed by atoms with van der Waals surface area (Å²) in [5.41, 5.74) is 31.8. The SMILES string of the molecule is c1ccc(-c2c3ccccc3c(-c3ccc(-n4c5ccccc5c5cc(-c6cc(-c7ccc8ccccc8c7)cc7c6sc6ccc(-c8ccc9ccccc9c8)cc67)ccc54)cc3)c3ccccc23)cc1.c1ccc(-c2c3ccccc3c(-c3ccc(-n4c5ccccc5c5cc(-c6cc(-c7cccc8ccccc78)cc7c6sc6ccc(-c8cccc9ccccc89)cc67)ccc54)cc3)c3ccccc23)cc1. The second kappa shape index (κ2) is 33.8. The lowest BCUT2D eigenvalue weighted by molar-refractivity contribution is 1.18. The molecule has 0 fully saturated rings. The molecule has 4 heteroatoms. The van der Waals surface area contributed by atoms with Gasteiger partial charge in [-0.15, -0.1) is 22.7 Å². The van der Waals surface area contributed by atoms with Gasteiger partial charge in [0, 0.05) is 84.4 Å². The summed E-state index contributed by atoms with van der Waals surface area (Å²) in [6.07, 6.45) is 0. The molecule has 4 heterocycles. The molecule has 4 aromatic heterocycles. The van der Waals surface area contributed by atoms with Gasteiger partial charge in [-0.3, -0.25) is 0 Å². The predicted octanol–water partition coefficient (Wildman–Crippen LogP) is 40.2. The van der Waals surface area contributed by atoms with Gasteiger partial charge in [-0.25, -0.2) is 0 Å². The van der Waals surface area contributed by atoms with Gasteiger partial charge >= 0.3 is 0 Å². The van der Waals surface area contributed by atoms with Crippen molar-refractivity contribution in [1.82, 2.24) is 9.13 Å². The molecular formula is C140H86N2S2. The lowest BCUT2D eigenvalue weighted by atomic mass is 9.86. The number of fused-ring (bicyclic) bond motifs is 20. The molecule has 0 spiro atoms. The van der Waals surface area contributed by atoms with E-state index in [9.17, 15) is 0 Å². The summed E-state index contributed by atoms with van der Waals surface area (Å²) in [5, 5.41) is 30.3. The Labute approximate surface area is 839 Å². The number of rotatable bonds is 12. The second-order valence-electron chi connectivity index (χ2n) is 38.3. The Hall–Kier alpha value is -18.2. The highest BCUT2D eigenvalue weighted by atomic mass is 32.1. The van der Waals surface area contributed by atoms with Crippen molar-refractivity contribution in [1.29, 1.82) is 0 Å². The van der Waals surface area contributed by atoms with Gasteiger partial charge in [0.05, 0.1) is 22.1 Å². The van der Waals surface area contributed by atoms with E-state index < -0.39 is 0 Å². The molecule has 30 rings (SSSR count). The Balaban J connectivity index is 0.000000137. The Kier molecular flexibility index (Phi) is 19.5. The van der Waals surface area contributed by atoms with E-state index in [1.165, 1.54) is 281 Å². The third kappa shape index (κ3) is 13.7. The van der Waals surface area contributed by atoms with Crippen molar-refractivity contribution in [2.75, 3.05) is 0 Å². The zero-order valence-electron chi connectivity index (χ0n) is 78.4. The highest BCUT2D eigenvalue weighted by molar-refractivity contribution is 7.26. The fourth-order valence-electron chi connectivity index (χ4n) is 23.6. The van der Waals surface area contributed by atoms with Gasteiger partial charge in [0.25, 0.3) is 0 Å². The molecule has 30 aromatic rings. The van der Waals surface area contributed by atoms with Crippen LogP contribution in [-0.4, -0.2) is 9.13 Å². The van der Waals surface area contributed by atoms with Gasteiger partial charge in [-0.2, -0.15) is 0 Å². The lowest BCUT2D eigenvalue weighted by Crippen LogP contribution is -1.94. The molecular weight excluding hydrogens is 1770 g/mol. The predicted molar refractivity (Wildman–Crippen MR) is 622 cm³/mol. The van der Waals surface area contributed by atoms with Crippen LogP contribution in [0.2, 0.25) is 0 Å². The first-order chi connectivity index (χ1) is 71.4. The molecule has 0 aliphatic heterocycles. The van der Waals surface area contributed by atoms with E-state index in [0.717, 1.165) is 11.4 Å². The molecule has 0 saturated carbocycles. The first kappa shape index (κ1) is 82.9. The first-order valence-corrected chi connectivity index (χ1v) is 51.3. The summed E-state index contributed by atoms with van der Waals surface area (Å²) in [7, 11) is 0. The third-order valence-corrected chi connectivity index (χ3v) is 32.7. The number of hydrogen-bond acceptors (Lipinski definition) is 2. The molecule has 0 atom stereocenters. The fraction of sp³-hybridized carbons (Fsp3) is 0. The molecule has 0 aliphatic rings. The average molecular weight is 1860 g/mol. The average Bonchev–Trinajstić information content (AvgIpc) is 1.66. The molecule has 0 radical (unpaired) electrons. The topological polar surface area (TPSA) is 9.86 Å². The Bertz CT molecular complexity index is 10400. The van der Waals surface area contributed by atoms with Crippen molar-refractivity contribution >= 4 is 193 Å². The Morgan fingerprint density at radius 1 is 0.125 bits per heavy atom. The van der Waals surface area contributed by atoms with Gasteiger partial charge in [-0.05, 0) is 308 Å². The molecule has 0 amide bonds. The molecule has 2 nitrogen and oxygen atoms in total. The van der Waals surface area contributed by atoms with Crippen molar-refractivity contribution in [2.24, 2.45) is 0 Å². The highest BCUT2D eigenvalue weighted by Gasteiger charge is 2.26. The van der Waals surface area contributed by atoms with Gasteiger partial charge in [-0.1, -0.05) is 400 Å². The minimum atomic E-state index is 1.14. The van der Waals surface area contributed by atoms with Crippen molar-refractivity contribution in [3.05, 3.63) is 522 Å². The Morgan fingerprint density at radius 3 is 0.826 bits per heavy atom. The molecule has 26 aromatic carbocycles. The summed E-state index contributed by atoms with van der Waals surface area (Å²) in [6.45, 7) is 0. The molecule has 0 N–H and O–H groups in total. The van der Waals surface area contributed by atoms with E-state index >= 15 is 0 Å². The van der Waals surface area contributed by atoms with Gasteiger partial charge < -0.3 is 9.13 Å². The zero-order valence-corrected chi connectivity index (χ0v) is 80.0. The highest BCUT2D eigenvalue weighted by Crippen LogP contribution is 2.53. The van der Waals surface area contributed by atoms with E-state index in [-0.39, 0.29) is 0 Å². The van der Waals surface area contributed by atoms with Gasteiger partial charge in [0.1, 0.15) is 0 Å². The van der Waals surface area contributed by atoms with E-state index in [0.29, 0.717) is 0 Å². The molecule has 144 heavy (non-hydrogen) atoms. The number of nitrogens with zero attached hydrogens (tertiary/aromatic N) is 2. The Morgan fingerprint density at radius 2 is 0.396 bits per heavy atom. The van der Waals surface area contributed by atoms with Crippen molar-refractivity contribution in [3.8, 4) is 123 Å². The molecule has 0 saturated heterocycles. The van der Waals surface area contributed by atoms with Crippen LogP contribution in [-0.2, 0) is 0 Å². The first-order valence-electron chi connectivity index (χ1n) is 49.6. The molecule has 0 aliphatic carbocycles. The van der Waals surface area contributed by atoms with Gasteiger partial charge in [0.15, 0.2) is 0 Å². The lowest BCUT2D eigenvalue weighted by Gasteiger charge is -2.18. The summed E-state index contributed by atoms with van der Waals surface area (Å²) in [6, 6.07) is 194. The minimum absolute atomic E-state index is 1.14. The quantitative estimate of drug-likeness (QED) is 0.108. The standard InChI is InChI=1S/2C70H43NS/c1-2-18-46(19-3-1)68-57-25-8-10-27-59(57)69(60-28-11-9-26-58(60)68)47-32-36-51(37-33-47)71-65-31-13-12-24-56(65)62-40-49(34-38-66(62)71)61-42-50(55-30-15-21-45-17-5-7-23-53(45)55)43-64-63-41-48(35-39-67(63)72-70(61)64)54-29-14-20-44-16-4-6-22-52(44)54;1-2-16-46(17-3-1)68-57-21-8-10-23-59(57)69(60-24-11-9-22-58(60)68)47-30-34-55(35-31-47)71-65-25-13-12-20-56(65)62-41-53(32-36-66(62)71)61-42-54(51-29-27-45-15-5-7-19-49(45)39-51)43-64-63-40-52(33-37-67(63)72-70(61)64)50-28-26-44-14-4-6-18-48(44)38-50/h2*1-43H. The van der Waals surface area contributed by atoms with Crippen LogP contribution < -0.4 is 0 Å². The fourth-order valence-corrected chi connectivity index (χ4v) is 26.0. The number of para-hydroxylation sites is 2. The monoisotopic (exact) mass is 1860 g/mol. The van der Waals surface area contributed by atoms with E-state index in [4.69, 9.17) is 0 Å². The van der Waals surface area contributed by atoms with Gasteiger partial charge in [0.2, 0.25) is 0 Å². The summed E-state index contributed by atoms with van der Waals surface area (Å²) in [4.78, 5) is 0. The maximum Gasteiger partial charge on any atom is 0.0541 e. The number of thiophene rings is 2. The summed E-state index contributed by atoms with van der Waals surface area (Å²) >= 11 is 3.81. The van der Waals surface area contributed by atoms with Crippen LogP contribution in [0.5, 0.6) is 0 Å². The third-order valence-electron chi connectivity index (χ3n) is 30.3. The second-order valence-corrected chi connectivity index (χ2v) is 40.4. The van der Waals surface area contributed by atoms with E-state index in [1.807, 2.05) is 22.7 Å². The number of aromatic nitrogens is 2. The normalized spacial score (nSPS) is 11.9. The van der Waals surface area contributed by atoms with Crippen LogP contribution in [0.15, 0.2) is 522 Å². The summed E-state index contributed by atoms with van der Waals surface area (Å²) in [5.74, 6) is 0. The summed E-state index contributed by atoms with van der Waals surface area (Å²) < 4.78 is 10.1. The molecule has 0 unspecified atom stereocenters. The van der Waals surface area contributed by atoms with Crippen LogP contribution in [0.1, 0.15) is 0 Å². The largest absolute Gasteiger partial charge is 0.309 e. The van der Waals surface area contributed by atoms with E-state index in [2.05, 4.69) is 531 Å². The van der Waals surface area contributed by atoms with Crippen LogP contribution >= 0.6 is 22.7 Å². The van der Waals surface area contributed by atoms with Crippen LogP contribution in [0, 0.1) is 0 Å². The maximum atomic E-state index is 2.45. The smallest absolute Gasteiger partial charge is 0.0541 e.